The van der Waals surface area contributed by atoms with Crippen LogP contribution in [0, 0.1) is 5.92 Å². The standard InChI is InChI=1S/C12H22N4O2/c1-2-18-9-12(17)8-16-7-11(14-15-16)6-13-5-10-3-4-10/h7,10,12-13,17H,2-6,8-9H2,1H3. The quantitative estimate of drug-likeness (QED) is 0.657. The van der Waals surface area contributed by atoms with Crippen molar-refractivity contribution in [2.75, 3.05) is 19.8 Å². The molecule has 1 aromatic heterocycles. The normalized spacial score (nSPS) is 17.0. The summed E-state index contributed by atoms with van der Waals surface area (Å²) >= 11 is 0. The van der Waals surface area contributed by atoms with E-state index in [1.165, 1.54) is 12.8 Å². The number of ether oxygens (including phenoxy) is 1. The Bertz CT molecular complexity index is 352. The molecule has 0 spiro atoms. The van der Waals surface area contributed by atoms with Crippen molar-refractivity contribution in [1.29, 1.82) is 0 Å². The molecular formula is C12H22N4O2. The molecule has 102 valence electrons. The van der Waals surface area contributed by atoms with E-state index in [1.54, 1.807) is 4.68 Å². The third kappa shape index (κ3) is 4.72. The van der Waals surface area contributed by atoms with Gasteiger partial charge in [-0.15, -0.1) is 5.10 Å². The van der Waals surface area contributed by atoms with Crippen molar-refractivity contribution in [2.45, 2.75) is 39.0 Å². The van der Waals surface area contributed by atoms with Crippen molar-refractivity contribution in [3.05, 3.63) is 11.9 Å². The molecule has 1 saturated carbocycles. The average molecular weight is 254 g/mol. The van der Waals surface area contributed by atoms with Gasteiger partial charge in [-0.25, -0.2) is 4.68 Å². The molecule has 0 bridgehead atoms. The SMILES string of the molecule is CCOCC(O)Cn1cc(CNCC2CC2)nn1. The monoisotopic (exact) mass is 254 g/mol. The molecule has 18 heavy (non-hydrogen) atoms. The van der Waals surface area contributed by atoms with Crippen LogP contribution in [-0.4, -0.2) is 46.0 Å². The summed E-state index contributed by atoms with van der Waals surface area (Å²) in [6.07, 6.45) is 4.04. The number of hydrogen-bond donors (Lipinski definition) is 2. The van der Waals surface area contributed by atoms with Crippen LogP contribution in [0.5, 0.6) is 0 Å². The molecule has 1 unspecified atom stereocenters. The maximum atomic E-state index is 9.67. The molecule has 6 heteroatoms. The predicted octanol–water partition coefficient (Wildman–Crippen LogP) is 0.175. The molecule has 1 aromatic rings. The summed E-state index contributed by atoms with van der Waals surface area (Å²) in [5.41, 5.74) is 0.916. The lowest BCUT2D eigenvalue weighted by atomic mass is 10.3. The van der Waals surface area contributed by atoms with Gasteiger partial charge < -0.3 is 15.2 Å². The summed E-state index contributed by atoms with van der Waals surface area (Å²) in [4.78, 5) is 0. The highest BCUT2D eigenvalue weighted by Gasteiger charge is 2.20. The zero-order chi connectivity index (χ0) is 12.8. The van der Waals surface area contributed by atoms with Gasteiger partial charge in [0.1, 0.15) is 0 Å². The van der Waals surface area contributed by atoms with Gasteiger partial charge in [0.05, 0.1) is 24.9 Å². The Hall–Kier alpha value is -0.980. The molecule has 1 aliphatic carbocycles. The molecule has 1 atom stereocenters. The Labute approximate surface area is 107 Å². The van der Waals surface area contributed by atoms with Crippen LogP contribution >= 0.6 is 0 Å². The van der Waals surface area contributed by atoms with E-state index in [0.29, 0.717) is 19.8 Å². The second-order valence-corrected chi connectivity index (χ2v) is 4.82. The number of aliphatic hydroxyl groups is 1. The number of aromatic nitrogens is 3. The van der Waals surface area contributed by atoms with Gasteiger partial charge in [-0.3, -0.25) is 0 Å². The molecule has 2 rings (SSSR count). The topological polar surface area (TPSA) is 72.2 Å². The van der Waals surface area contributed by atoms with E-state index in [1.807, 2.05) is 13.1 Å². The van der Waals surface area contributed by atoms with Crippen molar-refractivity contribution in [1.82, 2.24) is 20.3 Å². The van der Waals surface area contributed by atoms with E-state index in [2.05, 4.69) is 15.6 Å². The summed E-state index contributed by atoms with van der Waals surface area (Å²) in [6.45, 7) is 5.11. The van der Waals surface area contributed by atoms with Gasteiger partial charge in [0.25, 0.3) is 0 Å². The minimum absolute atomic E-state index is 0.339. The summed E-state index contributed by atoms with van der Waals surface area (Å²) in [5, 5.41) is 21.1. The van der Waals surface area contributed by atoms with Crippen LogP contribution in [0.2, 0.25) is 0 Å². The molecule has 1 heterocycles. The zero-order valence-electron chi connectivity index (χ0n) is 10.9. The van der Waals surface area contributed by atoms with E-state index in [-0.39, 0.29) is 0 Å². The third-order valence-corrected chi connectivity index (χ3v) is 2.93. The number of rotatable bonds is 9. The second-order valence-electron chi connectivity index (χ2n) is 4.82. The molecular weight excluding hydrogens is 232 g/mol. The van der Waals surface area contributed by atoms with Crippen LogP contribution in [-0.2, 0) is 17.8 Å². The fourth-order valence-corrected chi connectivity index (χ4v) is 1.76. The van der Waals surface area contributed by atoms with E-state index >= 15 is 0 Å². The van der Waals surface area contributed by atoms with Crippen LogP contribution in [0.25, 0.3) is 0 Å². The molecule has 0 aliphatic heterocycles. The van der Waals surface area contributed by atoms with Gasteiger partial charge in [-0.05, 0) is 32.2 Å². The lowest BCUT2D eigenvalue weighted by Crippen LogP contribution is -2.22. The first-order valence-electron chi connectivity index (χ1n) is 6.63. The minimum atomic E-state index is -0.529. The van der Waals surface area contributed by atoms with Gasteiger partial charge in [0.15, 0.2) is 0 Å². The summed E-state index contributed by atoms with van der Waals surface area (Å²) in [5.74, 6) is 0.869. The number of hydrogen-bond acceptors (Lipinski definition) is 5. The molecule has 0 radical (unpaired) electrons. The van der Waals surface area contributed by atoms with E-state index in [0.717, 1.165) is 24.7 Å². The number of nitrogens with zero attached hydrogens (tertiary/aromatic N) is 3. The molecule has 1 aliphatic rings. The first-order valence-corrected chi connectivity index (χ1v) is 6.63. The van der Waals surface area contributed by atoms with Crippen molar-refractivity contribution in [2.24, 2.45) is 5.92 Å². The molecule has 1 fully saturated rings. The predicted molar refractivity (Wildman–Crippen MR) is 67.0 cm³/mol. The average Bonchev–Trinajstić information content (AvgIpc) is 3.07. The molecule has 0 aromatic carbocycles. The highest BCUT2D eigenvalue weighted by Crippen LogP contribution is 2.27. The smallest absolute Gasteiger partial charge is 0.0969 e. The Morgan fingerprint density at radius 3 is 3.17 bits per heavy atom. The lowest BCUT2D eigenvalue weighted by Gasteiger charge is -2.09. The van der Waals surface area contributed by atoms with Gasteiger partial charge in [-0.2, -0.15) is 0 Å². The Morgan fingerprint density at radius 2 is 2.44 bits per heavy atom. The number of aliphatic hydroxyl groups excluding tert-OH is 1. The maximum absolute atomic E-state index is 9.67. The fourth-order valence-electron chi connectivity index (χ4n) is 1.76. The summed E-state index contributed by atoms with van der Waals surface area (Å²) in [6, 6.07) is 0. The first-order chi connectivity index (χ1) is 8.78. The van der Waals surface area contributed by atoms with Gasteiger partial charge in [-0.1, -0.05) is 5.21 Å². The second kappa shape index (κ2) is 6.82. The van der Waals surface area contributed by atoms with Crippen molar-refractivity contribution in [3.63, 3.8) is 0 Å². The fraction of sp³-hybridized carbons (Fsp3) is 0.833. The van der Waals surface area contributed by atoms with Crippen molar-refractivity contribution < 1.29 is 9.84 Å². The number of nitrogens with one attached hydrogen (secondary N) is 1. The highest BCUT2D eigenvalue weighted by atomic mass is 16.5. The molecule has 0 saturated heterocycles. The first kappa shape index (κ1) is 13.5. The highest BCUT2D eigenvalue weighted by molar-refractivity contribution is 4.92. The Morgan fingerprint density at radius 1 is 1.61 bits per heavy atom. The summed E-state index contributed by atoms with van der Waals surface area (Å²) < 4.78 is 6.81. The van der Waals surface area contributed by atoms with Crippen LogP contribution in [0.1, 0.15) is 25.5 Å². The van der Waals surface area contributed by atoms with Crippen LogP contribution in [0.4, 0.5) is 0 Å². The molecule has 0 amide bonds. The summed E-state index contributed by atoms with van der Waals surface area (Å²) in [7, 11) is 0. The molecule has 6 nitrogen and oxygen atoms in total. The Balaban J connectivity index is 1.67. The van der Waals surface area contributed by atoms with E-state index < -0.39 is 6.10 Å². The third-order valence-electron chi connectivity index (χ3n) is 2.93. The largest absolute Gasteiger partial charge is 0.389 e. The van der Waals surface area contributed by atoms with Crippen molar-refractivity contribution in [3.8, 4) is 0 Å². The van der Waals surface area contributed by atoms with E-state index in [4.69, 9.17) is 4.74 Å². The zero-order valence-corrected chi connectivity index (χ0v) is 10.9. The maximum Gasteiger partial charge on any atom is 0.0969 e. The van der Waals surface area contributed by atoms with Crippen molar-refractivity contribution >= 4 is 0 Å². The van der Waals surface area contributed by atoms with E-state index in [9.17, 15) is 5.11 Å². The van der Waals surface area contributed by atoms with Crippen LogP contribution < -0.4 is 5.32 Å². The minimum Gasteiger partial charge on any atom is -0.389 e. The lowest BCUT2D eigenvalue weighted by molar-refractivity contribution is 0.0313. The van der Waals surface area contributed by atoms with Crippen LogP contribution in [0.15, 0.2) is 6.20 Å². The van der Waals surface area contributed by atoms with Crippen LogP contribution in [0.3, 0.4) is 0 Å². The van der Waals surface area contributed by atoms with Gasteiger partial charge in [0, 0.05) is 19.3 Å². The van der Waals surface area contributed by atoms with Gasteiger partial charge >= 0.3 is 0 Å². The Kier molecular flexibility index (Phi) is 5.10. The molecule has 2 N–H and O–H groups in total. The van der Waals surface area contributed by atoms with Gasteiger partial charge in [0.2, 0.25) is 0 Å².